The van der Waals surface area contributed by atoms with E-state index in [4.69, 9.17) is 5.73 Å². The van der Waals surface area contributed by atoms with Crippen molar-refractivity contribution in [3.05, 3.63) is 47.0 Å². The van der Waals surface area contributed by atoms with Gasteiger partial charge in [-0.25, -0.2) is 4.98 Å². The van der Waals surface area contributed by atoms with E-state index in [0.29, 0.717) is 0 Å². The molecule has 0 fully saturated rings. The summed E-state index contributed by atoms with van der Waals surface area (Å²) in [6.45, 7) is 0.810. The van der Waals surface area contributed by atoms with E-state index >= 15 is 0 Å². The summed E-state index contributed by atoms with van der Waals surface area (Å²) in [5.74, 6) is 0. The molecular weight excluding hydrogens is 218 g/mol. The molecule has 0 saturated carbocycles. The summed E-state index contributed by atoms with van der Waals surface area (Å²) in [5, 5.41) is 4.32. The lowest BCUT2D eigenvalue weighted by molar-refractivity contribution is 0.828. The lowest BCUT2D eigenvalue weighted by Gasteiger charge is -2.03. The summed E-state index contributed by atoms with van der Waals surface area (Å²) in [5.41, 5.74) is 7.76. The van der Waals surface area contributed by atoms with Gasteiger partial charge in [0, 0.05) is 23.5 Å². The lowest BCUT2D eigenvalue weighted by Crippen LogP contribution is -1.97. The van der Waals surface area contributed by atoms with E-state index in [1.807, 2.05) is 29.8 Å². The Morgan fingerprint density at radius 3 is 3.06 bits per heavy atom. The van der Waals surface area contributed by atoms with E-state index in [-0.39, 0.29) is 0 Å². The Kier molecular flexibility index (Phi) is 2.15. The SMILES string of the molecule is Nc1ccc2ccn(Cc3nccs3)c2c1. The van der Waals surface area contributed by atoms with Crippen LogP contribution in [0.15, 0.2) is 42.0 Å². The van der Waals surface area contributed by atoms with Gasteiger partial charge in [-0.3, -0.25) is 0 Å². The number of benzene rings is 1. The molecule has 3 rings (SSSR count). The number of rotatable bonds is 2. The fourth-order valence-corrected chi connectivity index (χ4v) is 2.43. The molecule has 16 heavy (non-hydrogen) atoms. The molecule has 3 aromatic rings. The van der Waals surface area contributed by atoms with Crippen molar-refractivity contribution in [3.63, 3.8) is 0 Å². The van der Waals surface area contributed by atoms with Crippen LogP contribution in [-0.2, 0) is 6.54 Å². The summed E-state index contributed by atoms with van der Waals surface area (Å²) in [6.07, 6.45) is 3.91. The van der Waals surface area contributed by atoms with Gasteiger partial charge in [-0.2, -0.15) is 0 Å². The highest BCUT2D eigenvalue weighted by molar-refractivity contribution is 7.09. The van der Waals surface area contributed by atoms with E-state index in [1.165, 1.54) is 5.39 Å². The normalized spacial score (nSPS) is 11.0. The third-order valence-electron chi connectivity index (χ3n) is 2.59. The molecule has 2 heterocycles. The molecule has 0 atom stereocenters. The zero-order valence-corrected chi connectivity index (χ0v) is 9.45. The molecule has 0 radical (unpaired) electrons. The standard InChI is InChI=1S/C12H11N3S/c13-10-2-1-9-3-5-15(11(9)7-10)8-12-14-4-6-16-12/h1-7H,8,13H2. The Bertz CT molecular complexity index is 610. The summed E-state index contributed by atoms with van der Waals surface area (Å²) < 4.78 is 2.17. The second-order valence-electron chi connectivity index (χ2n) is 3.69. The van der Waals surface area contributed by atoms with Crippen molar-refractivity contribution in [2.75, 3.05) is 5.73 Å². The molecule has 4 heteroatoms. The molecule has 0 unspecified atom stereocenters. The van der Waals surface area contributed by atoms with E-state index in [2.05, 4.69) is 21.8 Å². The Balaban J connectivity index is 2.07. The molecular formula is C12H11N3S. The van der Waals surface area contributed by atoms with Crippen LogP contribution < -0.4 is 5.73 Å². The third kappa shape index (κ3) is 1.57. The lowest BCUT2D eigenvalue weighted by atomic mass is 10.2. The summed E-state index contributed by atoms with van der Waals surface area (Å²) >= 11 is 1.67. The first-order valence-electron chi connectivity index (χ1n) is 5.06. The number of thiazole rings is 1. The van der Waals surface area contributed by atoms with Crippen LogP contribution >= 0.6 is 11.3 Å². The zero-order chi connectivity index (χ0) is 11.0. The monoisotopic (exact) mass is 229 g/mol. The fourth-order valence-electron chi connectivity index (χ4n) is 1.82. The second-order valence-corrected chi connectivity index (χ2v) is 4.67. The van der Waals surface area contributed by atoms with Crippen LogP contribution in [-0.4, -0.2) is 9.55 Å². The van der Waals surface area contributed by atoms with E-state index in [9.17, 15) is 0 Å². The number of fused-ring (bicyclic) bond motifs is 1. The van der Waals surface area contributed by atoms with Gasteiger partial charge in [-0.15, -0.1) is 11.3 Å². The fraction of sp³-hybridized carbons (Fsp3) is 0.0833. The summed E-state index contributed by atoms with van der Waals surface area (Å²) in [7, 11) is 0. The number of hydrogen-bond acceptors (Lipinski definition) is 3. The van der Waals surface area contributed by atoms with Crippen molar-refractivity contribution >= 4 is 27.9 Å². The van der Waals surface area contributed by atoms with Crippen molar-refractivity contribution in [2.24, 2.45) is 0 Å². The number of nitrogen functional groups attached to an aromatic ring is 1. The average molecular weight is 229 g/mol. The Morgan fingerprint density at radius 1 is 1.31 bits per heavy atom. The number of anilines is 1. The quantitative estimate of drug-likeness (QED) is 0.687. The van der Waals surface area contributed by atoms with Gasteiger partial charge in [-0.1, -0.05) is 6.07 Å². The highest BCUT2D eigenvalue weighted by Crippen LogP contribution is 2.20. The molecule has 0 aliphatic carbocycles. The molecule has 1 aromatic carbocycles. The van der Waals surface area contributed by atoms with Gasteiger partial charge < -0.3 is 10.3 Å². The molecule has 0 bridgehead atoms. The van der Waals surface area contributed by atoms with Crippen LogP contribution in [0.4, 0.5) is 5.69 Å². The van der Waals surface area contributed by atoms with E-state index in [0.717, 1.165) is 22.8 Å². The maximum Gasteiger partial charge on any atom is 0.112 e. The number of hydrogen-bond donors (Lipinski definition) is 1. The summed E-state index contributed by atoms with van der Waals surface area (Å²) in [4.78, 5) is 4.29. The van der Waals surface area contributed by atoms with Crippen molar-refractivity contribution in [3.8, 4) is 0 Å². The van der Waals surface area contributed by atoms with Crippen molar-refractivity contribution in [1.82, 2.24) is 9.55 Å². The molecule has 0 aliphatic heterocycles. The largest absolute Gasteiger partial charge is 0.399 e. The number of aromatic nitrogens is 2. The van der Waals surface area contributed by atoms with Gasteiger partial charge in [0.25, 0.3) is 0 Å². The van der Waals surface area contributed by atoms with Crippen LogP contribution in [0, 0.1) is 0 Å². The minimum absolute atomic E-state index is 0.798. The van der Waals surface area contributed by atoms with Crippen molar-refractivity contribution in [1.29, 1.82) is 0 Å². The van der Waals surface area contributed by atoms with Crippen LogP contribution in [0.3, 0.4) is 0 Å². The maximum absolute atomic E-state index is 5.80. The van der Waals surface area contributed by atoms with Gasteiger partial charge in [0.05, 0.1) is 12.1 Å². The van der Waals surface area contributed by atoms with Crippen LogP contribution in [0.25, 0.3) is 10.9 Å². The predicted octanol–water partition coefficient (Wildman–Crippen LogP) is 2.73. The smallest absolute Gasteiger partial charge is 0.112 e. The Hall–Kier alpha value is -1.81. The highest BCUT2D eigenvalue weighted by Gasteiger charge is 2.03. The second kappa shape index (κ2) is 3.64. The molecule has 0 aliphatic rings. The van der Waals surface area contributed by atoms with Gasteiger partial charge in [0.2, 0.25) is 0 Å². The number of nitrogens with two attached hydrogens (primary N) is 1. The van der Waals surface area contributed by atoms with Gasteiger partial charge in [0.15, 0.2) is 0 Å². The minimum atomic E-state index is 0.798. The predicted molar refractivity (Wildman–Crippen MR) is 67.6 cm³/mol. The van der Waals surface area contributed by atoms with E-state index < -0.39 is 0 Å². The van der Waals surface area contributed by atoms with Crippen molar-refractivity contribution < 1.29 is 0 Å². The molecule has 3 nitrogen and oxygen atoms in total. The zero-order valence-electron chi connectivity index (χ0n) is 8.63. The average Bonchev–Trinajstić information content (AvgIpc) is 2.90. The van der Waals surface area contributed by atoms with Crippen LogP contribution in [0.1, 0.15) is 5.01 Å². The molecule has 2 N–H and O–H groups in total. The maximum atomic E-state index is 5.80. The summed E-state index contributed by atoms with van der Waals surface area (Å²) in [6, 6.07) is 8.07. The van der Waals surface area contributed by atoms with Gasteiger partial charge in [0.1, 0.15) is 5.01 Å². The Morgan fingerprint density at radius 2 is 2.25 bits per heavy atom. The molecule has 0 saturated heterocycles. The molecule has 80 valence electrons. The molecule has 0 amide bonds. The minimum Gasteiger partial charge on any atom is -0.399 e. The van der Waals surface area contributed by atoms with Crippen LogP contribution in [0.2, 0.25) is 0 Å². The first-order valence-corrected chi connectivity index (χ1v) is 5.93. The molecule has 2 aromatic heterocycles. The topological polar surface area (TPSA) is 43.8 Å². The molecule has 0 spiro atoms. The highest BCUT2D eigenvalue weighted by atomic mass is 32.1. The first-order chi connectivity index (χ1) is 7.83. The van der Waals surface area contributed by atoms with Crippen LogP contribution in [0.5, 0.6) is 0 Å². The first kappa shape index (κ1) is 9.42. The van der Waals surface area contributed by atoms with Gasteiger partial charge >= 0.3 is 0 Å². The van der Waals surface area contributed by atoms with Crippen molar-refractivity contribution in [2.45, 2.75) is 6.54 Å². The Labute approximate surface area is 97.2 Å². The van der Waals surface area contributed by atoms with Gasteiger partial charge in [-0.05, 0) is 23.6 Å². The third-order valence-corrected chi connectivity index (χ3v) is 3.35. The van der Waals surface area contributed by atoms with E-state index in [1.54, 1.807) is 11.3 Å². The number of nitrogens with zero attached hydrogens (tertiary/aromatic N) is 2.